The number of rotatable bonds is 3. The lowest BCUT2D eigenvalue weighted by molar-refractivity contribution is -0.150. The lowest BCUT2D eigenvalue weighted by Gasteiger charge is -2.33. The van der Waals surface area contributed by atoms with Crippen LogP contribution in [0, 0.1) is 5.82 Å². The largest absolute Gasteiger partial charge is 0.457 e. The smallest absolute Gasteiger partial charge is 0.337 e. The van der Waals surface area contributed by atoms with Crippen LogP contribution in [0.25, 0.3) is 0 Å². The monoisotopic (exact) mass is 403 g/mol. The zero-order valence-electron chi connectivity index (χ0n) is 18.4. The molecule has 0 bridgehead atoms. The third-order valence-corrected chi connectivity index (χ3v) is 4.18. The molecule has 158 valence electrons. The molecule has 1 aromatic rings. The van der Waals surface area contributed by atoms with E-state index in [0.29, 0.717) is 17.0 Å². The Hall–Kier alpha value is -2.63. The van der Waals surface area contributed by atoms with Gasteiger partial charge in [-0.1, -0.05) is 12.1 Å². The Morgan fingerprint density at radius 3 is 1.72 bits per heavy atom. The molecule has 0 unspecified atom stereocenters. The van der Waals surface area contributed by atoms with E-state index in [1.54, 1.807) is 67.5 Å². The number of carbonyl (C=O) groups excluding carboxylic acids is 2. The summed E-state index contributed by atoms with van der Waals surface area (Å²) in [4.78, 5) is 26.1. The van der Waals surface area contributed by atoms with Crippen LogP contribution in [0.1, 0.15) is 66.9 Å². The van der Waals surface area contributed by atoms with Gasteiger partial charge in [-0.3, -0.25) is 0 Å². The Bertz CT molecular complexity index is 835. The maximum Gasteiger partial charge on any atom is 0.337 e. The van der Waals surface area contributed by atoms with Gasteiger partial charge in [-0.05, 0) is 73.1 Å². The number of esters is 2. The average Bonchev–Trinajstić information content (AvgIpc) is 2.50. The predicted molar refractivity (Wildman–Crippen MR) is 109 cm³/mol. The van der Waals surface area contributed by atoms with Crippen LogP contribution in [0.4, 0.5) is 4.39 Å². The Morgan fingerprint density at radius 2 is 1.34 bits per heavy atom. The van der Waals surface area contributed by atoms with Gasteiger partial charge in [0, 0.05) is 11.4 Å². The van der Waals surface area contributed by atoms with Gasteiger partial charge in [0.05, 0.1) is 17.1 Å². The van der Waals surface area contributed by atoms with Gasteiger partial charge in [0.25, 0.3) is 0 Å². The summed E-state index contributed by atoms with van der Waals surface area (Å²) >= 11 is 0. The molecular formula is C23H30FNO4. The Morgan fingerprint density at radius 1 is 0.897 bits per heavy atom. The normalized spacial score (nSPS) is 15.9. The zero-order valence-corrected chi connectivity index (χ0v) is 18.4. The first-order valence-corrected chi connectivity index (χ1v) is 9.60. The van der Waals surface area contributed by atoms with E-state index in [1.807, 2.05) is 0 Å². The molecule has 5 nitrogen and oxygen atoms in total. The molecule has 1 heterocycles. The van der Waals surface area contributed by atoms with Gasteiger partial charge < -0.3 is 14.8 Å². The van der Waals surface area contributed by atoms with E-state index in [0.717, 1.165) is 0 Å². The first kappa shape index (κ1) is 22.7. The first-order valence-electron chi connectivity index (χ1n) is 9.60. The number of nitrogens with one attached hydrogen (secondary N) is 1. The minimum Gasteiger partial charge on any atom is -0.457 e. The van der Waals surface area contributed by atoms with Gasteiger partial charge in [0.2, 0.25) is 0 Å². The molecule has 0 atom stereocenters. The summed E-state index contributed by atoms with van der Waals surface area (Å²) in [6.45, 7) is 14.1. The maximum absolute atomic E-state index is 14.0. The fourth-order valence-corrected chi connectivity index (χ4v) is 3.22. The number of carbonyl (C=O) groups is 2. The van der Waals surface area contributed by atoms with E-state index >= 15 is 0 Å². The fourth-order valence-electron chi connectivity index (χ4n) is 3.22. The number of hydrogen-bond acceptors (Lipinski definition) is 5. The lowest BCUT2D eigenvalue weighted by Crippen LogP contribution is -2.36. The summed E-state index contributed by atoms with van der Waals surface area (Å²) < 4.78 is 25.2. The Labute approximate surface area is 172 Å². The first-order chi connectivity index (χ1) is 13.2. The third kappa shape index (κ3) is 5.68. The SMILES string of the molecule is CC1=C(C(=O)OC(C)(C)C)C(c2cccc(F)c2)C(C(=O)OC(C)(C)C)=C(C)N1. The summed E-state index contributed by atoms with van der Waals surface area (Å²) in [5, 5.41) is 3.09. The minimum absolute atomic E-state index is 0.261. The molecular weight excluding hydrogens is 373 g/mol. The van der Waals surface area contributed by atoms with E-state index in [-0.39, 0.29) is 11.1 Å². The van der Waals surface area contributed by atoms with Crippen molar-refractivity contribution in [2.24, 2.45) is 0 Å². The molecule has 29 heavy (non-hydrogen) atoms. The standard InChI is InChI=1S/C23H30FNO4/c1-13-17(20(26)28-22(3,4)5)19(15-10-9-11-16(24)12-15)18(14(2)25-13)21(27)29-23(6,7)8/h9-12,19,25H,1-8H3. The summed E-state index contributed by atoms with van der Waals surface area (Å²) in [5.41, 5.74) is 0.663. The molecule has 0 amide bonds. The number of halogens is 1. The van der Waals surface area contributed by atoms with Gasteiger partial charge in [0.1, 0.15) is 17.0 Å². The second-order valence-electron chi connectivity index (χ2n) is 9.19. The summed E-state index contributed by atoms with van der Waals surface area (Å²) in [7, 11) is 0. The van der Waals surface area contributed by atoms with Crippen molar-refractivity contribution >= 4 is 11.9 Å². The highest BCUT2D eigenvalue weighted by atomic mass is 19.1. The molecule has 1 aliphatic heterocycles. The molecule has 0 aliphatic carbocycles. The lowest BCUT2D eigenvalue weighted by atomic mass is 9.80. The van der Waals surface area contributed by atoms with E-state index in [4.69, 9.17) is 9.47 Å². The van der Waals surface area contributed by atoms with Gasteiger partial charge in [-0.2, -0.15) is 0 Å². The third-order valence-electron chi connectivity index (χ3n) is 4.18. The molecule has 0 spiro atoms. The molecule has 0 saturated heterocycles. The van der Waals surface area contributed by atoms with Crippen molar-refractivity contribution in [1.29, 1.82) is 0 Å². The highest BCUT2D eigenvalue weighted by Crippen LogP contribution is 2.40. The van der Waals surface area contributed by atoms with E-state index in [2.05, 4.69) is 5.32 Å². The second-order valence-corrected chi connectivity index (χ2v) is 9.19. The zero-order chi connectivity index (χ0) is 22.1. The number of hydrogen-bond donors (Lipinski definition) is 1. The van der Waals surface area contributed by atoms with Crippen LogP contribution < -0.4 is 5.32 Å². The topological polar surface area (TPSA) is 64.6 Å². The molecule has 1 aromatic carbocycles. The molecule has 6 heteroatoms. The highest BCUT2D eigenvalue weighted by molar-refractivity contribution is 6.00. The van der Waals surface area contributed by atoms with Gasteiger partial charge in [-0.15, -0.1) is 0 Å². The number of allylic oxidation sites excluding steroid dienone is 2. The summed E-state index contributed by atoms with van der Waals surface area (Å²) in [6.07, 6.45) is 0. The predicted octanol–water partition coefficient (Wildman–Crippen LogP) is 4.74. The summed E-state index contributed by atoms with van der Waals surface area (Å²) in [6, 6.07) is 5.88. The Balaban J connectivity index is 2.65. The van der Waals surface area contributed by atoms with Crippen LogP contribution in [0.5, 0.6) is 0 Å². The van der Waals surface area contributed by atoms with E-state index < -0.39 is 34.9 Å². The fraction of sp³-hybridized carbons (Fsp3) is 0.478. The average molecular weight is 403 g/mol. The van der Waals surface area contributed by atoms with Crippen molar-refractivity contribution in [3.8, 4) is 0 Å². The molecule has 2 rings (SSSR count). The van der Waals surface area contributed by atoms with Crippen LogP contribution in [0.15, 0.2) is 46.8 Å². The highest BCUT2D eigenvalue weighted by Gasteiger charge is 2.40. The molecule has 0 saturated carbocycles. The van der Waals surface area contributed by atoms with Crippen LogP contribution in [0.3, 0.4) is 0 Å². The van der Waals surface area contributed by atoms with Gasteiger partial charge in [0.15, 0.2) is 0 Å². The van der Waals surface area contributed by atoms with Crippen molar-refractivity contribution in [3.63, 3.8) is 0 Å². The second kappa shape index (κ2) is 8.01. The van der Waals surface area contributed by atoms with Crippen LogP contribution in [0.2, 0.25) is 0 Å². The molecule has 1 N–H and O–H groups in total. The summed E-state index contributed by atoms with van der Waals surface area (Å²) in [5.74, 6) is -2.39. The van der Waals surface area contributed by atoms with Crippen LogP contribution >= 0.6 is 0 Å². The van der Waals surface area contributed by atoms with Crippen molar-refractivity contribution in [3.05, 3.63) is 58.2 Å². The molecule has 0 fully saturated rings. The van der Waals surface area contributed by atoms with E-state index in [1.165, 1.54) is 12.1 Å². The minimum atomic E-state index is -0.809. The number of dihydropyridines is 1. The van der Waals surface area contributed by atoms with E-state index in [9.17, 15) is 14.0 Å². The molecule has 1 aliphatic rings. The quantitative estimate of drug-likeness (QED) is 0.738. The van der Waals surface area contributed by atoms with Crippen molar-refractivity contribution < 1.29 is 23.5 Å². The number of benzene rings is 1. The van der Waals surface area contributed by atoms with Crippen molar-refractivity contribution in [2.45, 2.75) is 72.5 Å². The van der Waals surface area contributed by atoms with Gasteiger partial charge in [-0.25, -0.2) is 14.0 Å². The van der Waals surface area contributed by atoms with Crippen LogP contribution in [-0.2, 0) is 19.1 Å². The maximum atomic E-state index is 14.0. The van der Waals surface area contributed by atoms with Crippen molar-refractivity contribution in [1.82, 2.24) is 5.32 Å². The molecule has 0 radical (unpaired) electrons. The van der Waals surface area contributed by atoms with Crippen LogP contribution in [-0.4, -0.2) is 23.1 Å². The number of ether oxygens (including phenoxy) is 2. The molecule has 0 aromatic heterocycles. The van der Waals surface area contributed by atoms with Gasteiger partial charge >= 0.3 is 11.9 Å². The Kier molecular flexibility index (Phi) is 6.26. The van der Waals surface area contributed by atoms with Crippen molar-refractivity contribution in [2.75, 3.05) is 0 Å².